The van der Waals surface area contributed by atoms with Crippen LogP contribution in [0.5, 0.6) is 0 Å². The number of alkyl halides is 1. The maximum atomic E-state index is 4.37. The number of nitrogens with one attached hydrogen (secondary N) is 1. The molecule has 0 saturated carbocycles. The van der Waals surface area contributed by atoms with Crippen molar-refractivity contribution in [2.45, 2.75) is 44.9 Å². The van der Waals surface area contributed by atoms with Gasteiger partial charge in [-0.15, -0.1) is 0 Å². The highest BCUT2D eigenvalue weighted by atomic mass is 79.9. The lowest BCUT2D eigenvalue weighted by molar-refractivity contribution is 0.771. The second-order valence-corrected chi connectivity index (χ2v) is 5.16. The summed E-state index contributed by atoms with van der Waals surface area (Å²) in [6.07, 6.45) is 3.22. The molecule has 4 heteroatoms. The van der Waals surface area contributed by atoms with E-state index in [4.69, 9.17) is 0 Å². The molecule has 1 heterocycles. The van der Waals surface area contributed by atoms with Crippen molar-refractivity contribution < 1.29 is 0 Å². The van der Waals surface area contributed by atoms with Crippen LogP contribution in [0.1, 0.15) is 38.2 Å². The van der Waals surface area contributed by atoms with E-state index in [-0.39, 0.29) is 0 Å². The molecule has 0 bridgehead atoms. The van der Waals surface area contributed by atoms with Crippen LogP contribution in [-0.2, 0) is 6.42 Å². The third-order valence-corrected chi connectivity index (χ3v) is 3.57. The number of hydrogen-bond acceptors (Lipinski definition) is 3. The molecule has 1 aromatic heterocycles. The summed E-state index contributed by atoms with van der Waals surface area (Å²) in [6, 6.07) is 2.03. The van der Waals surface area contributed by atoms with E-state index in [1.165, 1.54) is 0 Å². The Kier molecular flexibility index (Phi) is 5.74. The predicted molar refractivity (Wildman–Crippen MR) is 72.3 cm³/mol. The summed E-state index contributed by atoms with van der Waals surface area (Å²) >= 11 is 3.62. The molecule has 0 fully saturated rings. The van der Waals surface area contributed by atoms with E-state index >= 15 is 0 Å². The lowest BCUT2D eigenvalue weighted by Gasteiger charge is -2.10. The van der Waals surface area contributed by atoms with E-state index in [1.54, 1.807) is 0 Å². The van der Waals surface area contributed by atoms with Crippen LogP contribution in [0.4, 0.5) is 5.82 Å². The molecule has 0 aliphatic heterocycles. The Hall–Kier alpha value is -0.640. The first-order valence-electron chi connectivity index (χ1n) is 5.88. The summed E-state index contributed by atoms with van der Waals surface area (Å²) in [5.41, 5.74) is 1.10. The number of nitrogens with zero attached hydrogens (tertiary/aromatic N) is 2. The molecule has 0 aromatic carbocycles. The first-order chi connectivity index (χ1) is 7.65. The maximum absolute atomic E-state index is 4.37. The predicted octanol–water partition coefficient (Wildman–Crippen LogP) is 3.32. The first kappa shape index (κ1) is 13.4. The third kappa shape index (κ3) is 4.47. The van der Waals surface area contributed by atoms with E-state index in [9.17, 15) is 0 Å². The van der Waals surface area contributed by atoms with Gasteiger partial charge in [0.2, 0.25) is 0 Å². The minimum Gasteiger partial charge on any atom is -0.370 e. The molecule has 0 aliphatic rings. The van der Waals surface area contributed by atoms with Crippen molar-refractivity contribution in [3.8, 4) is 0 Å². The fourth-order valence-electron chi connectivity index (χ4n) is 1.46. The van der Waals surface area contributed by atoms with Crippen molar-refractivity contribution in [2.24, 2.45) is 0 Å². The van der Waals surface area contributed by atoms with Gasteiger partial charge in [0, 0.05) is 23.1 Å². The van der Waals surface area contributed by atoms with Crippen LogP contribution in [0, 0.1) is 6.92 Å². The Morgan fingerprint density at radius 2 is 2.12 bits per heavy atom. The van der Waals surface area contributed by atoms with Gasteiger partial charge in [-0.2, -0.15) is 0 Å². The second kappa shape index (κ2) is 6.84. The standard InChI is InChI=1S/C12H20BrN3/c1-4-10(13)6-7-14-12-8-11(5-2)15-9(3)16-12/h8,10H,4-7H2,1-3H3,(H,14,15,16). The molecule has 1 unspecified atom stereocenters. The fraction of sp³-hybridized carbons (Fsp3) is 0.667. The number of rotatable bonds is 6. The Morgan fingerprint density at radius 1 is 1.38 bits per heavy atom. The highest BCUT2D eigenvalue weighted by molar-refractivity contribution is 9.09. The minimum absolute atomic E-state index is 0.591. The Labute approximate surface area is 106 Å². The van der Waals surface area contributed by atoms with Gasteiger partial charge in [0.05, 0.1) is 0 Å². The molecule has 0 saturated heterocycles. The van der Waals surface area contributed by atoms with Crippen molar-refractivity contribution in [3.05, 3.63) is 17.6 Å². The fourth-order valence-corrected chi connectivity index (χ4v) is 1.69. The van der Waals surface area contributed by atoms with Gasteiger partial charge >= 0.3 is 0 Å². The largest absolute Gasteiger partial charge is 0.370 e. The van der Waals surface area contributed by atoms with Crippen molar-refractivity contribution in [1.82, 2.24) is 9.97 Å². The summed E-state index contributed by atoms with van der Waals surface area (Å²) in [5, 5.41) is 3.34. The zero-order chi connectivity index (χ0) is 12.0. The zero-order valence-electron chi connectivity index (χ0n) is 10.3. The molecule has 3 nitrogen and oxygen atoms in total. The van der Waals surface area contributed by atoms with Crippen LogP contribution in [0.3, 0.4) is 0 Å². The molecule has 1 rings (SSSR count). The van der Waals surface area contributed by atoms with E-state index in [1.807, 2.05) is 13.0 Å². The third-order valence-electron chi connectivity index (χ3n) is 2.46. The van der Waals surface area contributed by atoms with Crippen molar-refractivity contribution in [2.75, 3.05) is 11.9 Å². The molecule has 16 heavy (non-hydrogen) atoms. The average molecular weight is 286 g/mol. The Morgan fingerprint density at radius 3 is 2.75 bits per heavy atom. The summed E-state index contributed by atoms with van der Waals surface area (Å²) in [6.45, 7) is 7.17. The van der Waals surface area contributed by atoms with Gasteiger partial charge in [-0.05, 0) is 26.2 Å². The van der Waals surface area contributed by atoms with E-state index in [0.29, 0.717) is 4.83 Å². The summed E-state index contributed by atoms with van der Waals surface area (Å²) in [7, 11) is 0. The molecule has 0 amide bonds. The van der Waals surface area contributed by atoms with E-state index < -0.39 is 0 Å². The monoisotopic (exact) mass is 285 g/mol. The van der Waals surface area contributed by atoms with Gasteiger partial charge in [-0.25, -0.2) is 9.97 Å². The molecule has 1 atom stereocenters. The van der Waals surface area contributed by atoms with Crippen LogP contribution < -0.4 is 5.32 Å². The second-order valence-electron chi connectivity index (χ2n) is 3.87. The molecular formula is C12H20BrN3. The number of aryl methyl sites for hydroxylation is 2. The van der Waals surface area contributed by atoms with Crippen molar-refractivity contribution >= 4 is 21.7 Å². The van der Waals surface area contributed by atoms with Crippen LogP contribution in [0.15, 0.2) is 6.07 Å². The SMILES string of the molecule is CCc1cc(NCCC(Br)CC)nc(C)n1. The van der Waals surface area contributed by atoms with Gasteiger partial charge in [0.25, 0.3) is 0 Å². The zero-order valence-corrected chi connectivity index (χ0v) is 11.8. The normalized spacial score (nSPS) is 12.5. The number of hydrogen-bond donors (Lipinski definition) is 1. The first-order valence-corrected chi connectivity index (χ1v) is 6.79. The van der Waals surface area contributed by atoms with E-state index in [2.05, 4.69) is 45.1 Å². The lowest BCUT2D eigenvalue weighted by atomic mass is 10.2. The van der Waals surface area contributed by atoms with Gasteiger partial charge in [0.1, 0.15) is 11.6 Å². The summed E-state index contributed by atoms with van der Waals surface area (Å²) in [5.74, 6) is 1.79. The van der Waals surface area contributed by atoms with Crippen LogP contribution in [0.2, 0.25) is 0 Å². The highest BCUT2D eigenvalue weighted by Crippen LogP contribution is 2.11. The van der Waals surface area contributed by atoms with Gasteiger partial charge in [-0.1, -0.05) is 29.8 Å². The summed E-state index contributed by atoms with van der Waals surface area (Å²) < 4.78 is 0. The smallest absolute Gasteiger partial charge is 0.129 e. The molecule has 1 aromatic rings. The Bertz CT molecular complexity index is 328. The minimum atomic E-state index is 0.591. The van der Waals surface area contributed by atoms with Gasteiger partial charge in [-0.3, -0.25) is 0 Å². The molecule has 90 valence electrons. The molecule has 0 spiro atoms. The average Bonchev–Trinajstić information content (AvgIpc) is 2.28. The van der Waals surface area contributed by atoms with Crippen molar-refractivity contribution in [1.29, 1.82) is 0 Å². The van der Waals surface area contributed by atoms with Gasteiger partial charge in [0.15, 0.2) is 0 Å². The highest BCUT2D eigenvalue weighted by Gasteiger charge is 2.02. The molecule has 1 N–H and O–H groups in total. The molecule has 0 aliphatic carbocycles. The quantitative estimate of drug-likeness (QED) is 0.815. The topological polar surface area (TPSA) is 37.8 Å². The van der Waals surface area contributed by atoms with Crippen LogP contribution in [0.25, 0.3) is 0 Å². The molecule has 0 radical (unpaired) electrons. The summed E-state index contributed by atoms with van der Waals surface area (Å²) in [4.78, 5) is 9.31. The maximum Gasteiger partial charge on any atom is 0.129 e. The number of halogens is 1. The van der Waals surface area contributed by atoms with Crippen LogP contribution >= 0.6 is 15.9 Å². The van der Waals surface area contributed by atoms with Gasteiger partial charge < -0.3 is 5.32 Å². The molecular weight excluding hydrogens is 266 g/mol. The van der Waals surface area contributed by atoms with Crippen molar-refractivity contribution in [3.63, 3.8) is 0 Å². The lowest BCUT2D eigenvalue weighted by Crippen LogP contribution is -2.10. The Balaban J connectivity index is 2.50. The van der Waals surface area contributed by atoms with E-state index in [0.717, 1.165) is 43.1 Å². The number of aromatic nitrogens is 2. The number of anilines is 1. The van der Waals surface area contributed by atoms with Crippen LogP contribution in [-0.4, -0.2) is 21.3 Å².